The number of rotatable bonds is 6. The highest BCUT2D eigenvalue weighted by Crippen LogP contribution is 2.22. The first-order valence-corrected chi connectivity index (χ1v) is 9.04. The lowest BCUT2D eigenvalue weighted by Crippen LogP contribution is -2.37. The second kappa shape index (κ2) is 11.0. The first-order chi connectivity index (χ1) is 12.8. The van der Waals surface area contributed by atoms with E-state index in [2.05, 4.69) is 46.7 Å². The fourth-order valence-electron chi connectivity index (χ4n) is 2.40. The van der Waals surface area contributed by atoms with Gasteiger partial charge in [-0.15, -0.1) is 24.0 Å². The van der Waals surface area contributed by atoms with Gasteiger partial charge in [0.2, 0.25) is 11.8 Å². The molecular weight excluding hydrogens is 469 g/mol. The van der Waals surface area contributed by atoms with Gasteiger partial charge >= 0.3 is 0 Å². The molecule has 0 atom stereocenters. The number of oxazole rings is 1. The number of nitrogens with one attached hydrogen (secondary N) is 3. The van der Waals surface area contributed by atoms with E-state index in [0.29, 0.717) is 18.4 Å². The zero-order valence-electron chi connectivity index (χ0n) is 17.1. The number of carbonyl (C=O) groups excluding carboxylic acids is 1. The molecule has 7 nitrogen and oxygen atoms in total. The first kappa shape index (κ1) is 23.9. The summed E-state index contributed by atoms with van der Waals surface area (Å²) in [6.45, 7) is 8.98. The molecule has 3 N–H and O–H groups in total. The van der Waals surface area contributed by atoms with Crippen molar-refractivity contribution in [2.45, 2.75) is 46.1 Å². The summed E-state index contributed by atoms with van der Waals surface area (Å²) >= 11 is 0. The number of guanidine groups is 1. The van der Waals surface area contributed by atoms with Crippen LogP contribution < -0.4 is 16.0 Å². The van der Waals surface area contributed by atoms with E-state index in [1.54, 1.807) is 13.2 Å². The van der Waals surface area contributed by atoms with Crippen LogP contribution in [0.1, 0.15) is 44.9 Å². The van der Waals surface area contributed by atoms with Gasteiger partial charge in [0.15, 0.2) is 5.96 Å². The van der Waals surface area contributed by atoms with Crippen molar-refractivity contribution in [3.63, 3.8) is 0 Å². The minimum Gasteiger partial charge on any atom is -0.443 e. The molecule has 1 heterocycles. The lowest BCUT2D eigenvalue weighted by atomic mass is 9.94. The van der Waals surface area contributed by atoms with Gasteiger partial charge in [0.25, 0.3) is 0 Å². The fourth-order valence-corrected chi connectivity index (χ4v) is 2.40. The molecule has 154 valence electrons. The average Bonchev–Trinajstić information content (AvgIpc) is 3.08. The third-order valence-electron chi connectivity index (χ3n) is 3.90. The number of nitrogens with zero attached hydrogens (tertiary/aromatic N) is 2. The largest absolute Gasteiger partial charge is 0.443 e. The van der Waals surface area contributed by atoms with Crippen LogP contribution in [0.5, 0.6) is 0 Å². The molecule has 0 aliphatic carbocycles. The summed E-state index contributed by atoms with van der Waals surface area (Å²) in [6.07, 6.45) is 2.62. The number of amides is 1. The topological polar surface area (TPSA) is 91.5 Å². The van der Waals surface area contributed by atoms with E-state index in [4.69, 9.17) is 4.42 Å². The van der Waals surface area contributed by atoms with E-state index < -0.39 is 0 Å². The summed E-state index contributed by atoms with van der Waals surface area (Å²) in [7, 11) is 1.73. The Morgan fingerprint density at radius 2 is 1.86 bits per heavy atom. The molecule has 0 spiro atoms. The summed E-state index contributed by atoms with van der Waals surface area (Å²) in [6, 6.07) is 7.81. The van der Waals surface area contributed by atoms with E-state index >= 15 is 0 Å². The van der Waals surface area contributed by atoms with Crippen molar-refractivity contribution in [3.8, 4) is 0 Å². The molecule has 0 unspecified atom stereocenters. The van der Waals surface area contributed by atoms with Crippen molar-refractivity contribution in [3.05, 3.63) is 47.7 Å². The smallest absolute Gasteiger partial charge is 0.221 e. The maximum absolute atomic E-state index is 11.0. The van der Waals surface area contributed by atoms with Crippen molar-refractivity contribution in [1.29, 1.82) is 0 Å². The number of aromatic nitrogens is 1. The van der Waals surface area contributed by atoms with Crippen LogP contribution in [0.2, 0.25) is 0 Å². The van der Waals surface area contributed by atoms with E-state index in [9.17, 15) is 4.79 Å². The molecule has 1 aromatic heterocycles. The van der Waals surface area contributed by atoms with Crippen LogP contribution in [-0.4, -0.2) is 30.4 Å². The Kier molecular flexibility index (Phi) is 9.44. The number of carbonyl (C=O) groups is 1. The maximum atomic E-state index is 11.0. The lowest BCUT2D eigenvalue weighted by molar-refractivity contribution is -0.114. The Balaban J connectivity index is 0.00000392. The van der Waals surface area contributed by atoms with Crippen LogP contribution >= 0.6 is 24.0 Å². The Morgan fingerprint density at radius 1 is 1.18 bits per heavy atom. The third-order valence-corrected chi connectivity index (χ3v) is 3.90. The molecule has 8 heteroatoms. The zero-order valence-corrected chi connectivity index (χ0v) is 19.5. The second-order valence-corrected chi connectivity index (χ2v) is 7.35. The quantitative estimate of drug-likeness (QED) is 0.322. The van der Waals surface area contributed by atoms with Gasteiger partial charge in [0.05, 0.1) is 12.7 Å². The molecule has 1 amide bonds. The highest BCUT2D eigenvalue weighted by atomic mass is 127. The van der Waals surface area contributed by atoms with Crippen molar-refractivity contribution in [2.75, 3.05) is 18.9 Å². The third kappa shape index (κ3) is 7.87. The van der Waals surface area contributed by atoms with Gasteiger partial charge in [-0.25, -0.2) is 4.98 Å². The van der Waals surface area contributed by atoms with Crippen LogP contribution in [0.4, 0.5) is 5.69 Å². The minimum absolute atomic E-state index is 0. The minimum atomic E-state index is -0.0695. The molecule has 0 aliphatic heterocycles. The van der Waals surface area contributed by atoms with E-state index in [1.165, 1.54) is 12.5 Å². The lowest BCUT2D eigenvalue weighted by Gasteiger charge is -2.13. The van der Waals surface area contributed by atoms with E-state index in [0.717, 1.165) is 24.4 Å². The van der Waals surface area contributed by atoms with Crippen LogP contribution in [0.3, 0.4) is 0 Å². The Bertz CT molecular complexity index is 779. The summed E-state index contributed by atoms with van der Waals surface area (Å²) in [5, 5.41) is 9.23. The monoisotopic (exact) mass is 499 g/mol. The molecule has 0 radical (unpaired) electrons. The highest BCUT2D eigenvalue weighted by molar-refractivity contribution is 14.0. The number of anilines is 1. The molecule has 0 saturated carbocycles. The molecule has 1 aromatic carbocycles. The second-order valence-electron chi connectivity index (χ2n) is 7.35. The predicted octanol–water partition coefficient (Wildman–Crippen LogP) is 3.46. The zero-order chi connectivity index (χ0) is 19.9. The number of benzene rings is 1. The molecular formula is C20H30IN5O2. The van der Waals surface area contributed by atoms with Gasteiger partial charge in [-0.1, -0.05) is 32.9 Å². The average molecular weight is 499 g/mol. The summed E-state index contributed by atoms with van der Waals surface area (Å²) < 4.78 is 5.77. The Morgan fingerprint density at radius 3 is 2.39 bits per heavy atom. The van der Waals surface area contributed by atoms with Gasteiger partial charge in [-0.3, -0.25) is 9.79 Å². The van der Waals surface area contributed by atoms with Gasteiger partial charge < -0.3 is 20.4 Å². The molecule has 2 rings (SSSR count). The van der Waals surface area contributed by atoms with Gasteiger partial charge in [-0.05, 0) is 24.1 Å². The van der Waals surface area contributed by atoms with Crippen LogP contribution in [0.15, 0.2) is 39.9 Å². The standard InChI is InChI=1S/C20H29N5O2.HI/c1-14(26)25-16-8-6-15(7-9-16)10-11-22-19(21-5)24-13-18-23-12-17(27-18)20(2,3)4;/h6-9,12H,10-11,13H2,1-5H3,(H,25,26)(H2,21,22,24);1H. The fraction of sp³-hybridized carbons (Fsp3) is 0.450. The maximum Gasteiger partial charge on any atom is 0.221 e. The Labute approximate surface area is 183 Å². The molecule has 0 fully saturated rings. The van der Waals surface area contributed by atoms with Crippen LogP contribution in [-0.2, 0) is 23.2 Å². The number of hydrogen-bond donors (Lipinski definition) is 3. The van der Waals surface area contributed by atoms with Gasteiger partial charge in [0.1, 0.15) is 5.76 Å². The van der Waals surface area contributed by atoms with Crippen molar-refractivity contribution in [1.82, 2.24) is 15.6 Å². The van der Waals surface area contributed by atoms with Crippen LogP contribution in [0, 0.1) is 0 Å². The van der Waals surface area contributed by atoms with E-state index in [1.807, 2.05) is 24.3 Å². The molecule has 0 aliphatic rings. The predicted molar refractivity (Wildman–Crippen MR) is 123 cm³/mol. The van der Waals surface area contributed by atoms with Gasteiger partial charge in [-0.2, -0.15) is 0 Å². The van der Waals surface area contributed by atoms with Crippen molar-refractivity contribution in [2.24, 2.45) is 4.99 Å². The summed E-state index contributed by atoms with van der Waals surface area (Å²) in [4.78, 5) is 19.6. The molecule has 28 heavy (non-hydrogen) atoms. The van der Waals surface area contributed by atoms with E-state index in [-0.39, 0.29) is 35.3 Å². The summed E-state index contributed by atoms with van der Waals surface area (Å²) in [5.41, 5.74) is 1.92. The number of aliphatic imine (C=N–C) groups is 1. The number of hydrogen-bond acceptors (Lipinski definition) is 4. The van der Waals surface area contributed by atoms with Crippen LogP contribution in [0.25, 0.3) is 0 Å². The van der Waals surface area contributed by atoms with Crippen molar-refractivity contribution >= 4 is 41.5 Å². The number of halogens is 1. The molecule has 0 saturated heterocycles. The normalized spacial score (nSPS) is 11.5. The Hall–Kier alpha value is -2.10. The molecule has 0 bridgehead atoms. The van der Waals surface area contributed by atoms with Gasteiger partial charge in [0, 0.05) is 31.6 Å². The highest BCUT2D eigenvalue weighted by Gasteiger charge is 2.19. The molecule has 2 aromatic rings. The van der Waals surface area contributed by atoms with Crippen molar-refractivity contribution < 1.29 is 9.21 Å². The SMILES string of the molecule is CN=C(NCCc1ccc(NC(C)=O)cc1)NCc1ncc(C(C)(C)C)o1.I. The first-order valence-electron chi connectivity index (χ1n) is 9.04. The summed E-state index contributed by atoms with van der Waals surface area (Å²) in [5.74, 6) is 2.13.